The molecule has 2 heterocycles. The molecule has 0 radical (unpaired) electrons. The molecule has 0 aromatic carbocycles. The van der Waals surface area contributed by atoms with Gasteiger partial charge < -0.3 is 9.63 Å². The average Bonchev–Trinajstić information content (AvgIpc) is 2.71. The van der Waals surface area contributed by atoms with Crippen LogP contribution in [0.25, 0.3) is 0 Å². The van der Waals surface area contributed by atoms with Crippen molar-refractivity contribution in [2.24, 2.45) is 0 Å². The SMILES string of the molecule is O=C(O)C1CCCC(c2ccon2)N1. The van der Waals surface area contributed by atoms with Gasteiger partial charge in [0.05, 0.1) is 6.04 Å². The van der Waals surface area contributed by atoms with Crippen molar-refractivity contribution < 1.29 is 14.4 Å². The first-order valence-electron chi connectivity index (χ1n) is 4.66. The molecule has 1 aromatic rings. The second-order valence-electron chi connectivity index (χ2n) is 3.47. The molecule has 5 heteroatoms. The fraction of sp³-hybridized carbons (Fsp3) is 0.556. The maximum Gasteiger partial charge on any atom is 0.320 e. The predicted molar refractivity (Wildman–Crippen MR) is 47.7 cm³/mol. The molecule has 1 aliphatic rings. The number of piperidine rings is 1. The molecule has 1 aromatic heterocycles. The highest BCUT2D eigenvalue weighted by atomic mass is 16.5. The van der Waals surface area contributed by atoms with Crippen LogP contribution >= 0.6 is 0 Å². The Labute approximate surface area is 81.1 Å². The third-order valence-corrected chi connectivity index (χ3v) is 2.50. The zero-order valence-electron chi connectivity index (χ0n) is 7.64. The third-order valence-electron chi connectivity index (χ3n) is 2.50. The summed E-state index contributed by atoms with van der Waals surface area (Å²) in [6, 6.07) is 1.33. The van der Waals surface area contributed by atoms with Gasteiger partial charge in [0, 0.05) is 6.07 Å². The van der Waals surface area contributed by atoms with E-state index in [9.17, 15) is 4.79 Å². The molecule has 0 aliphatic carbocycles. The van der Waals surface area contributed by atoms with Gasteiger partial charge in [0.25, 0.3) is 0 Å². The topological polar surface area (TPSA) is 75.4 Å². The zero-order chi connectivity index (χ0) is 9.97. The standard InChI is InChI=1S/C9H12N2O3/c12-9(13)8-3-1-2-6(10-8)7-4-5-14-11-7/h4-6,8,10H,1-3H2,(H,12,13). The molecule has 1 saturated heterocycles. The van der Waals surface area contributed by atoms with E-state index in [-0.39, 0.29) is 6.04 Å². The van der Waals surface area contributed by atoms with Gasteiger partial charge in [-0.05, 0) is 19.3 Å². The van der Waals surface area contributed by atoms with Gasteiger partial charge >= 0.3 is 5.97 Å². The number of aromatic nitrogens is 1. The van der Waals surface area contributed by atoms with Crippen LogP contribution in [-0.4, -0.2) is 22.3 Å². The van der Waals surface area contributed by atoms with E-state index in [1.807, 2.05) is 0 Å². The van der Waals surface area contributed by atoms with Gasteiger partial charge in [-0.25, -0.2) is 0 Å². The molecule has 0 saturated carbocycles. The fourth-order valence-corrected chi connectivity index (χ4v) is 1.77. The van der Waals surface area contributed by atoms with Gasteiger partial charge in [0.2, 0.25) is 0 Å². The number of carbonyl (C=O) groups is 1. The minimum Gasteiger partial charge on any atom is -0.480 e. The van der Waals surface area contributed by atoms with E-state index in [1.54, 1.807) is 6.07 Å². The molecule has 14 heavy (non-hydrogen) atoms. The second kappa shape index (κ2) is 3.79. The third kappa shape index (κ3) is 1.77. The van der Waals surface area contributed by atoms with E-state index in [2.05, 4.69) is 10.5 Å². The first-order valence-corrected chi connectivity index (χ1v) is 4.66. The molecule has 0 amide bonds. The quantitative estimate of drug-likeness (QED) is 0.736. The number of nitrogens with zero attached hydrogens (tertiary/aromatic N) is 1. The van der Waals surface area contributed by atoms with E-state index < -0.39 is 12.0 Å². The Morgan fingerprint density at radius 3 is 3.14 bits per heavy atom. The van der Waals surface area contributed by atoms with E-state index in [0.717, 1.165) is 18.5 Å². The Hall–Kier alpha value is -1.36. The molecule has 0 spiro atoms. The van der Waals surface area contributed by atoms with Crippen molar-refractivity contribution in [1.82, 2.24) is 10.5 Å². The number of rotatable bonds is 2. The Bertz CT molecular complexity index is 310. The maximum atomic E-state index is 10.8. The molecule has 2 atom stereocenters. The van der Waals surface area contributed by atoms with Crippen molar-refractivity contribution in [3.05, 3.63) is 18.0 Å². The number of carboxylic acid groups (broad SMARTS) is 1. The van der Waals surface area contributed by atoms with Crippen molar-refractivity contribution >= 4 is 5.97 Å². The smallest absolute Gasteiger partial charge is 0.320 e. The Morgan fingerprint density at radius 2 is 2.50 bits per heavy atom. The molecule has 2 unspecified atom stereocenters. The van der Waals surface area contributed by atoms with Gasteiger partial charge in [-0.15, -0.1) is 0 Å². The van der Waals surface area contributed by atoms with Gasteiger partial charge in [-0.3, -0.25) is 10.1 Å². The summed E-state index contributed by atoms with van der Waals surface area (Å²) >= 11 is 0. The monoisotopic (exact) mass is 196 g/mol. The normalized spacial score (nSPS) is 27.4. The van der Waals surface area contributed by atoms with Gasteiger partial charge in [0.1, 0.15) is 18.0 Å². The Kier molecular flexibility index (Phi) is 2.49. The van der Waals surface area contributed by atoms with Crippen LogP contribution in [0.2, 0.25) is 0 Å². The number of hydrogen-bond donors (Lipinski definition) is 2. The predicted octanol–water partition coefficient (Wildman–Crippen LogP) is 0.942. The van der Waals surface area contributed by atoms with Crippen LogP contribution in [0.5, 0.6) is 0 Å². The molecular weight excluding hydrogens is 184 g/mol. The van der Waals surface area contributed by atoms with Crippen molar-refractivity contribution in [2.45, 2.75) is 31.3 Å². The minimum absolute atomic E-state index is 0.0172. The lowest BCUT2D eigenvalue weighted by molar-refractivity contribution is -0.140. The highest BCUT2D eigenvalue weighted by Crippen LogP contribution is 2.24. The largest absolute Gasteiger partial charge is 0.480 e. The van der Waals surface area contributed by atoms with Crippen molar-refractivity contribution in [2.75, 3.05) is 0 Å². The number of nitrogens with one attached hydrogen (secondary N) is 1. The summed E-state index contributed by atoms with van der Waals surface area (Å²) in [5.41, 5.74) is 0.788. The van der Waals surface area contributed by atoms with Crippen LogP contribution < -0.4 is 5.32 Å². The summed E-state index contributed by atoms with van der Waals surface area (Å²) in [4.78, 5) is 10.8. The molecule has 76 valence electrons. The average molecular weight is 196 g/mol. The number of carboxylic acids is 1. The minimum atomic E-state index is -0.793. The van der Waals surface area contributed by atoms with E-state index >= 15 is 0 Å². The summed E-state index contributed by atoms with van der Waals surface area (Å²) < 4.78 is 4.73. The van der Waals surface area contributed by atoms with Crippen LogP contribution in [-0.2, 0) is 4.79 Å². The molecule has 1 fully saturated rings. The lowest BCUT2D eigenvalue weighted by Gasteiger charge is -2.26. The van der Waals surface area contributed by atoms with Gasteiger partial charge in [-0.1, -0.05) is 5.16 Å². The maximum absolute atomic E-state index is 10.8. The van der Waals surface area contributed by atoms with Gasteiger partial charge in [-0.2, -0.15) is 0 Å². The van der Waals surface area contributed by atoms with Crippen LogP contribution in [0.1, 0.15) is 31.0 Å². The van der Waals surface area contributed by atoms with Gasteiger partial charge in [0.15, 0.2) is 0 Å². The molecule has 5 nitrogen and oxygen atoms in total. The van der Waals surface area contributed by atoms with E-state index in [4.69, 9.17) is 9.63 Å². The zero-order valence-corrected chi connectivity index (χ0v) is 7.64. The lowest BCUT2D eigenvalue weighted by atomic mass is 9.97. The van der Waals surface area contributed by atoms with Crippen molar-refractivity contribution in [3.63, 3.8) is 0 Å². The molecule has 0 bridgehead atoms. The number of hydrogen-bond acceptors (Lipinski definition) is 4. The van der Waals surface area contributed by atoms with Crippen molar-refractivity contribution in [3.8, 4) is 0 Å². The Balaban J connectivity index is 2.04. The lowest BCUT2D eigenvalue weighted by Crippen LogP contribution is -2.42. The van der Waals surface area contributed by atoms with Crippen LogP contribution in [0.15, 0.2) is 16.9 Å². The highest BCUT2D eigenvalue weighted by molar-refractivity contribution is 5.73. The summed E-state index contributed by atoms with van der Waals surface area (Å²) in [6.45, 7) is 0. The van der Waals surface area contributed by atoms with E-state index in [1.165, 1.54) is 6.26 Å². The first-order chi connectivity index (χ1) is 6.77. The molecule has 2 rings (SSSR count). The Morgan fingerprint density at radius 1 is 1.64 bits per heavy atom. The molecule has 1 aliphatic heterocycles. The first kappa shape index (κ1) is 9.21. The van der Waals surface area contributed by atoms with E-state index in [0.29, 0.717) is 6.42 Å². The van der Waals surface area contributed by atoms with Crippen molar-refractivity contribution in [1.29, 1.82) is 0 Å². The van der Waals surface area contributed by atoms with Crippen LogP contribution in [0, 0.1) is 0 Å². The fourth-order valence-electron chi connectivity index (χ4n) is 1.77. The molecular formula is C9H12N2O3. The summed E-state index contributed by atoms with van der Waals surface area (Å²) in [5.74, 6) is -0.793. The van der Waals surface area contributed by atoms with Crippen LogP contribution in [0.3, 0.4) is 0 Å². The number of aliphatic carboxylic acids is 1. The summed E-state index contributed by atoms with van der Waals surface area (Å²) in [5, 5.41) is 15.7. The summed E-state index contributed by atoms with van der Waals surface area (Å²) in [7, 11) is 0. The van der Waals surface area contributed by atoms with Crippen LogP contribution in [0.4, 0.5) is 0 Å². The highest BCUT2D eigenvalue weighted by Gasteiger charge is 2.27. The second-order valence-corrected chi connectivity index (χ2v) is 3.47. The molecule has 2 N–H and O–H groups in total. The summed E-state index contributed by atoms with van der Waals surface area (Å²) in [6.07, 6.45) is 4.00.